The minimum atomic E-state index is -0.652. The molecule has 0 aromatic heterocycles. The van der Waals surface area contributed by atoms with Gasteiger partial charge in [0.15, 0.2) is 0 Å². The molecule has 39 heavy (non-hydrogen) atoms. The van der Waals surface area contributed by atoms with Crippen molar-refractivity contribution in [2.45, 2.75) is 103 Å². The molecule has 0 saturated heterocycles. The number of benzene rings is 1. The Balaban J connectivity index is 1.12. The van der Waals surface area contributed by atoms with Crippen LogP contribution in [0.2, 0.25) is 0 Å². The third kappa shape index (κ3) is 6.23. The molecule has 0 heterocycles. The van der Waals surface area contributed by atoms with Gasteiger partial charge in [-0.2, -0.15) is 0 Å². The third-order valence-electron chi connectivity index (χ3n) is 9.49. The van der Waals surface area contributed by atoms with E-state index in [0.29, 0.717) is 31.6 Å². The predicted molar refractivity (Wildman–Crippen MR) is 147 cm³/mol. The first-order valence-electron chi connectivity index (χ1n) is 14.5. The molecule has 3 unspecified atom stereocenters. The third-order valence-corrected chi connectivity index (χ3v) is 9.49. The van der Waals surface area contributed by atoms with Crippen molar-refractivity contribution in [1.82, 2.24) is 16.0 Å². The van der Waals surface area contributed by atoms with Crippen LogP contribution >= 0.6 is 0 Å². The van der Waals surface area contributed by atoms with Crippen molar-refractivity contribution in [2.75, 3.05) is 11.9 Å². The molecule has 5 atom stereocenters. The van der Waals surface area contributed by atoms with Crippen molar-refractivity contribution in [3.63, 3.8) is 0 Å². The van der Waals surface area contributed by atoms with Crippen molar-refractivity contribution < 1.29 is 23.9 Å². The second kappa shape index (κ2) is 10.4. The monoisotopic (exact) mass is 542 g/mol. The largest absolute Gasteiger partial charge is 0.392 e. The second-order valence-electron chi connectivity index (χ2n) is 13.8. The van der Waals surface area contributed by atoms with E-state index in [1.807, 2.05) is 0 Å². The van der Waals surface area contributed by atoms with Gasteiger partial charge < -0.3 is 26.4 Å². The highest BCUT2D eigenvalue weighted by Gasteiger charge is 2.60. The van der Waals surface area contributed by atoms with Gasteiger partial charge in [0, 0.05) is 29.6 Å². The summed E-state index contributed by atoms with van der Waals surface area (Å²) < 4.78 is 15.0. The van der Waals surface area contributed by atoms with Gasteiger partial charge in [-0.25, -0.2) is 9.18 Å². The number of rotatable bonds is 7. The molecule has 0 aliphatic heterocycles. The molecular weight excluding hydrogens is 499 g/mol. The fraction of sp³-hybridized carbons (Fsp3) is 0.700. The molecule has 5 aliphatic rings. The Morgan fingerprint density at radius 3 is 2.28 bits per heavy atom. The van der Waals surface area contributed by atoms with Crippen molar-refractivity contribution in [3.8, 4) is 0 Å². The molecular formula is C30H43FN4O4. The van der Waals surface area contributed by atoms with Crippen LogP contribution in [0.15, 0.2) is 18.2 Å². The highest BCUT2D eigenvalue weighted by Crippen LogP contribution is 2.66. The van der Waals surface area contributed by atoms with Gasteiger partial charge in [0.1, 0.15) is 5.82 Å². The average Bonchev–Trinajstić information content (AvgIpc) is 2.81. The van der Waals surface area contributed by atoms with Crippen LogP contribution < -0.4 is 21.3 Å². The van der Waals surface area contributed by atoms with Crippen molar-refractivity contribution in [1.29, 1.82) is 0 Å². The van der Waals surface area contributed by atoms with Crippen LogP contribution in [0, 0.1) is 28.5 Å². The Bertz CT molecular complexity index is 1110. The minimum Gasteiger partial charge on any atom is -0.392 e. The maximum Gasteiger partial charge on any atom is 0.319 e. The number of nitrogens with one attached hydrogen (secondary N) is 4. The summed E-state index contributed by atoms with van der Waals surface area (Å²) >= 11 is 0. The van der Waals surface area contributed by atoms with Gasteiger partial charge in [-0.3, -0.25) is 9.59 Å². The zero-order valence-electron chi connectivity index (χ0n) is 23.4. The second-order valence-corrected chi connectivity index (χ2v) is 13.8. The molecule has 9 heteroatoms. The highest BCUT2D eigenvalue weighted by atomic mass is 19.1. The van der Waals surface area contributed by atoms with Crippen LogP contribution in [0.4, 0.5) is 14.9 Å². The molecule has 5 fully saturated rings. The van der Waals surface area contributed by atoms with E-state index >= 15 is 0 Å². The van der Waals surface area contributed by atoms with E-state index in [1.165, 1.54) is 31.4 Å². The lowest BCUT2D eigenvalue weighted by molar-refractivity contribution is -0.126. The number of urea groups is 1. The van der Waals surface area contributed by atoms with Crippen molar-refractivity contribution in [3.05, 3.63) is 29.6 Å². The standard InChI is InChI=1S/C30H43FN4O4/c1-18(36)14-32-25(37)20-4-7-22(8-5-20)33-26(38)21-6-9-24(23(31)10-21)34-27(39)35-30-13-19-11-28(2,16-30)15-29(3,12-19)17-30/h6,9-10,18-20,22,36H,4-5,7-8,11-17H2,1-3H3,(H,32,37)(H,33,38)(H2,34,35,39)/t18?,19?,20?,22?,28-,29+,30?. The Morgan fingerprint density at radius 2 is 1.69 bits per heavy atom. The first kappa shape index (κ1) is 27.9. The maximum absolute atomic E-state index is 15.0. The first-order valence-corrected chi connectivity index (χ1v) is 14.5. The van der Waals surface area contributed by atoms with Gasteiger partial charge in [0.2, 0.25) is 5.91 Å². The van der Waals surface area contributed by atoms with Gasteiger partial charge in [0.25, 0.3) is 5.91 Å². The summed E-state index contributed by atoms with van der Waals surface area (Å²) in [6.07, 6.45) is 8.59. The summed E-state index contributed by atoms with van der Waals surface area (Å²) in [6, 6.07) is 3.64. The van der Waals surface area contributed by atoms with E-state index in [9.17, 15) is 23.9 Å². The van der Waals surface area contributed by atoms with Gasteiger partial charge in [-0.15, -0.1) is 0 Å². The molecule has 0 radical (unpaired) electrons. The fourth-order valence-electron chi connectivity index (χ4n) is 8.90. The Morgan fingerprint density at radius 1 is 1.03 bits per heavy atom. The van der Waals surface area contributed by atoms with E-state index in [0.717, 1.165) is 25.3 Å². The van der Waals surface area contributed by atoms with Crippen molar-refractivity contribution in [2.24, 2.45) is 22.7 Å². The number of carbonyl (C=O) groups excluding carboxylic acids is 3. The van der Waals surface area contributed by atoms with E-state index < -0.39 is 18.0 Å². The number of carbonyl (C=O) groups is 3. The number of anilines is 1. The van der Waals surface area contributed by atoms with Crippen molar-refractivity contribution >= 4 is 23.5 Å². The number of aliphatic hydroxyl groups is 1. The summed E-state index contributed by atoms with van der Waals surface area (Å²) in [5, 5.41) is 20.9. The predicted octanol–water partition coefficient (Wildman–Crippen LogP) is 4.48. The summed E-state index contributed by atoms with van der Waals surface area (Å²) in [6.45, 7) is 6.54. The molecule has 4 amide bonds. The number of hydrogen-bond acceptors (Lipinski definition) is 4. The Labute approximate surface area is 230 Å². The number of halogens is 1. The van der Waals surface area contributed by atoms with E-state index in [-0.39, 0.29) is 57.9 Å². The summed E-state index contributed by atoms with van der Waals surface area (Å²) in [4.78, 5) is 38.0. The lowest BCUT2D eigenvalue weighted by Crippen LogP contribution is -2.65. The zero-order valence-corrected chi connectivity index (χ0v) is 23.4. The fourth-order valence-corrected chi connectivity index (χ4v) is 8.90. The van der Waals surface area contributed by atoms with E-state index in [1.54, 1.807) is 6.92 Å². The quantitative estimate of drug-likeness (QED) is 0.349. The smallest absolute Gasteiger partial charge is 0.319 e. The molecule has 5 N–H and O–H groups in total. The van der Waals surface area contributed by atoms with Crippen LogP contribution in [-0.4, -0.2) is 47.2 Å². The van der Waals surface area contributed by atoms with Gasteiger partial charge in [0.05, 0.1) is 11.8 Å². The first-order chi connectivity index (χ1) is 18.3. The minimum absolute atomic E-state index is 0.0509. The molecule has 6 rings (SSSR count). The summed E-state index contributed by atoms with van der Waals surface area (Å²) in [7, 11) is 0. The van der Waals surface area contributed by atoms with Crippen LogP contribution in [0.1, 0.15) is 95.3 Å². The van der Waals surface area contributed by atoms with Gasteiger partial charge in [-0.1, -0.05) is 13.8 Å². The Kier molecular flexibility index (Phi) is 7.42. The summed E-state index contributed by atoms with van der Waals surface area (Å²) in [5.41, 5.74) is 0.519. The van der Waals surface area contributed by atoms with E-state index in [4.69, 9.17) is 0 Å². The zero-order chi connectivity index (χ0) is 28.0. The van der Waals surface area contributed by atoms with Crippen LogP contribution in [-0.2, 0) is 4.79 Å². The molecule has 1 aromatic carbocycles. The number of amides is 4. The number of aliphatic hydroxyl groups excluding tert-OH is 1. The molecule has 214 valence electrons. The molecule has 1 aromatic rings. The van der Waals surface area contributed by atoms with Crippen LogP contribution in [0.3, 0.4) is 0 Å². The molecule has 5 aliphatic carbocycles. The van der Waals surface area contributed by atoms with Gasteiger partial charge >= 0.3 is 6.03 Å². The average molecular weight is 543 g/mol. The molecule has 8 nitrogen and oxygen atoms in total. The number of hydrogen-bond donors (Lipinski definition) is 5. The molecule has 0 spiro atoms. The summed E-state index contributed by atoms with van der Waals surface area (Å²) in [5.74, 6) is -0.590. The SMILES string of the molecule is CC(O)CNC(=O)C1CCC(NC(=O)c2ccc(NC(=O)NC34CC5C[C@@](C)(C3)C[C@](C)(C5)C4)c(F)c2)CC1. The van der Waals surface area contributed by atoms with E-state index in [2.05, 4.69) is 35.1 Å². The molecule has 5 saturated carbocycles. The molecule has 4 bridgehead atoms. The topological polar surface area (TPSA) is 120 Å². The normalized spacial score (nSPS) is 35.7. The lowest BCUT2D eigenvalue weighted by Gasteiger charge is -2.65. The van der Waals surface area contributed by atoms with Crippen LogP contribution in [0.5, 0.6) is 0 Å². The maximum atomic E-state index is 15.0. The van der Waals surface area contributed by atoms with Crippen LogP contribution in [0.25, 0.3) is 0 Å². The highest BCUT2D eigenvalue weighted by molar-refractivity contribution is 5.96. The lowest BCUT2D eigenvalue weighted by atomic mass is 9.43. The Hall–Kier alpha value is -2.68. The van der Waals surface area contributed by atoms with Gasteiger partial charge in [-0.05, 0) is 106 Å².